The highest BCUT2D eigenvalue weighted by atomic mass is 16.5. The zero-order valence-corrected chi connectivity index (χ0v) is 13.5. The van der Waals surface area contributed by atoms with E-state index in [1.165, 1.54) is 0 Å². The van der Waals surface area contributed by atoms with Gasteiger partial charge in [-0.25, -0.2) is 0 Å². The lowest BCUT2D eigenvalue weighted by Gasteiger charge is -2.41. The fraction of sp³-hybridized carbons (Fsp3) is 1.00. The van der Waals surface area contributed by atoms with Crippen molar-refractivity contribution in [1.29, 1.82) is 0 Å². The van der Waals surface area contributed by atoms with E-state index in [4.69, 9.17) is 4.74 Å². The number of hydrogen-bond acceptors (Lipinski definition) is 4. The third-order valence-corrected chi connectivity index (χ3v) is 4.17. The molecule has 1 aliphatic heterocycles. The molecule has 0 radical (unpaired) electrons. The van der Waals surface area contributed by atoms with Crippen molar-refractivity contribution in [2.75, 3.05) is 40.0 Å². The minimum absolute atomic E-state index is 0.126. The van der Waals surface area contributed by atoms with Crippen molar-refractivity contribution in [3.63, 3.8) is 0 Å². The summed E-state index contributed by atoms with van der Waals surface area (Å²) >= 11 is 0. The van der Waals surface area contributed by atoms with E-state index in [2.05, 4.69) is 51.9 Å². The first kappa shape index (κ1) is 16.9. The summed E-state index contributed by atoms with van der Waals surface area (Å²) in [5.41, 5.74) is 0.104. The summed E-state index contributed by atoms with van der Waals surface area (Å²) in [5, 5.41) is 13.1. The van der Waals surface area contributed by atoms with Crippen molar-refractivity contribution in [2.24, 2.45) is 5.41 Å². The molecule has 4 heteroatoms. The van der Waals surface area contributed by atoms with E-state index in [-0.39, 0.29) is 23.1 Å². The molecular formula is C15H32N2O2. The van der Waals surface area contributed by atoms with E-state index in [0.717, 1.165) is 32.7 Å². The maximum absolute atomic E-state index is 9.49. The van der Waals surface area contributed by atoms with Crippen LogP contribution in [0.1, 0.15) is 41.0 Å². The number of rotatable bonds is 6. The van der Waals surface area contributed by atoms with Crippen LogP contribution in [0.25, 0.3) is 0 Å². The SMILES string of the molecule is CN(CC1(CNC(C)(C)C)CCOC1)C(C)(C)CO. The van der Waals surface area contributed by atoms with Crippen molar-refractivity contribution in [1.82, 2.24) is 10.2 Å². The Hall–Kier alpha value is -0.160. The molecule has 4 nitrogen and oxygen atoms in total. The smallest absolute Gasteiger partial charge is 0.0609 e. The lowest BCUT2D eigenvalue weighted by atomic mass is 9.84. The van der Waals surface area contributed by atoms with Gasteiger partial charge in [-0.1, -0.05) is 0 Å². The Morgan fingerprint density at radius 1 is 1.26 bits per heavy atom. The number of nitrogens with zero attached hydrogens (tertiary/aromatic N) is 1. The van der Waals surface area contributed by atoms with Crippen LogP contribution in [0.5, 0.6) is 0 Å². The molecule has 19 heavy (non-hydrogen) atoms. The minimum Gasteiger partial charge on any atom is -0.394 e. The molecule has 0 saturated carbocycles. The number of aliphatic hydroxyl groups is 1. The molecule has 1 heterocycles. The Labute approximate surface area is 118 Å². The van der Waals surface area contributed by atoms with Crippen LogP contribution in [0.3, 0.4) is 0 Å². The Morgan fingerprint density at radius 2 is 1.89 bits per heavy atom. The van der Waals surface area contributed by atoms with Gasteiger partial charge in [-0.15, -0.1) is 0 Å². The van der Waals surface area contributed by atoms with Gasteiger partial charge < -0.3 is 15.2 Å². The van der Waals surface area contributed by atoms with Gasteiger partial charge >= 0.3 is 0 Å². The molecule has 0 spiro atoms. The van der Waals surface area contributed by atoms with E-state index in [1.807, 2.05) is 0 Å². The van der Waals surface area contributed by atoms with Gasteiger partial charge in [-0.2, -0.15) is 0 Å². The van der Waals surface area contributed by atoms with Gasteiger partial charge in [-0.3, -0.25) is 4.90 Å². The highest BCUT2D eigenvalue weighted by Crippen LogP contribution is 2.31. The first-order valence-electron chi connectivity index (χ1n) is 7.25. The van der Waals surface area contributed by atoms with Gasteiger partial charge in [0, 0.05) is 36.2 Å². The minimum atomic E-state index is -0.183. The number of ether oxygens (including phenoxy) is 1. The Balaban J connectivity index is 2.67. The molecule has 0 aromatic carbocycles. The van der Waals surface area contributed by atoms with Gasteiger partial charge in [0.05, 0.1) is 13.2 Å². The van der Waals surface area contributed by atoms with E-state index < -0.39 is 0 Å². The quantitative estimate of drug-likeness (QED) is 0.769. The van der Waals surface area contributed by atoms with Crippen LogP contribution in [0.2, 0.25) is 0 Å². The van der Waals surface area contributed by atoms with Gasteiger partial charge in [-0.05, 0) is 48.1 Å². The van der Waals surface area contributed by atoms with Crippen molar-refractivity contribution in [3.05, 3.63) is 0 Å². The average Bonchev–Trinajstić information content (AvgIpc) is 2.75. The van der Waals surface area contributed by atoms with Crippen LogP contribution < -0.4 is 5.32 Å². The van der Waals surface area contributed by atoms with Crippen LogP contribution in [-0.4, -0.2) is 61.0 Å². The van der Waals surface area contributed by atoms with E-state index in [0.29, 0.717) is 0 Å². The summed E-state index contributed by atoms with van der Waals surface area (Å²) in [7, 11) is 2.09. The molecule has 0 bridgehead atoms. The molecule has 0 aromatic rings. The lowest BCUT2D eigenvalue weighted by molar-refractivity contribution is 0.0325. The molecule has 0 amide bonds. The summed E-state index contributed by atoms with van der Waals surface area (Å²) in [6.07, 6.45) is 1.09. The third kappa shape index (κ3) is 5.03. The van der Waals surface area contributed by atoms with Gasteiger partial charge in [0.25, 0.3) is 0 Å². The largest absolute Gasteiger partial charge is 0.394 e. The van der Waals surface area contributed by atoms with Crippen LogP contribution in [0, 0.1) is 5.41 Å². The normalized spacial score (nSPS) is 25.3. The van der Waals surface area contributed by atoms with Gasteiger partial charge in [0.2, 0.25) is 0 Å². The second kappa shape index (κ2) is 6.08. The predicted molar refractivity (Wildman–Crippen MR) is 79.4 cm³/mol. The second-order valence-corrected chi connectivity index (χ2v) is 7.73. The van der Waals surface area contributed by atoms with Crippen LogP contribution in [-0.2, 0) is 4.74 Å². The molecule has 1 unspecified atom stereocenters. The molecule has 0 aliphatic carbocycles. The number of hydrogen-bond donors (Lipinski definition) is 2. The molecule has 1 fully saturated rings. The standard InChI is InChI=1S/C15H32N2O2/c1-13(2,3)16-9-15(7-8-19-12-15)10-17(6)14(4,5)11-18/h16,18H,7-12H2,1-6H3. The van der Waals surface area contributed by atoms with E-state index >= 15 is 0 Å². The molecule has 1 aliphatic rings. The highest BCUT2D eigenvalue weighted by molar-refractivity contribution is 4.92. The zero-order chi connectivity index (χ0) is 14.7. The van der Waals surface area contributed by atoms with E-state index in [9.17, 15) is 5.11 Å². The summed E-state index contributed by atoms with van der Waals surface area (Å²) in [5.74, 6) is 0. The monoisotopic (exact) mass is 272 g/mol. The number of aliphatic hydroxyl groups excluding tert-OH is 1. The van der Waals surface area contributed by atoms with Crippen molar-refractivity contribution < 1.29 is 9.84 Å². The summed E-state index contributed by atoms with van der Waals surface area (Å²) < 4.78 is 5.64. The lowest BCUT2D eigenvalue weighted by Crippen LogP contribution is -2.53. The highest BCUT2D eigenvalue weighted by Gasteiger charge is 2.39. The summed E-state index contributed by atoms with van der Waals surface area (Å²) in [4.78, 5) is 2.26. The molecule has 1 rings (SSSR count). The fourth-order valence-corrected chi connectivity index (χ4v) is 2.26. The topological polar surface area (TPSA) is 44.7 Å². The van der Waals surface area contributed by atoms with E-state index in [1.54, 1.807) is 0 Å². The third-order valence-electron chi connectivity index (χ3n) is 4.17. The Kier molecular flexibility index (Phi) is 5.41. The first-order chi connectivity index (χ1) is 8.60. The zero-order valence-electron chi connectivity index (χ0n) is 13.5. The van der Waals surface area contributed by atoms with Gasteiger partial charge in [0.1, 0.15) is 0 Å². The van der Waals surface area contributed by atoms with Crippen molar-refractivity contribution in [3.8, 4) is 0 Å². The van der Waals surface area contributed by atoms with Gasteiger partial charge in [0.15, 0.2) is 0 Å². The maximum atomic E-state index is 9.49. The molecule has 2 N–H and O–H groups in total. The molecule has 0 aromatic heterocycles. The number of likely N-dealkylation sites (N-methyl/N-ethyl adjacent to an activating group) is 1. The van der Waals surface area contributed by atoms with Crippen LogP contribution in [0.4, 0.5) is 0 Å². The summed E-state index contributed by atoms with van der Waals surface area (Å²) in [6.45, 7) is 14.5. The maximum Gasteiger partial charge on any atom is 0.0609 e. The average molecular weight is 272 g/mol. The molecule has 1 atom stereocenters. The van der Waals surface area contributed by atoms with Crippen LogP contribution in [0.15, 0.2) is 0 Å². The Bertz CT molecular complexity index is 278. The fourth-order valence-electron chi connectivity index (χ4n) is 2.26. The predicted octanol–water partition coefficient (Wildman–Crippen LogP) is 1.48. The molecule has 114 valence electrons. The first-order valence-corrected chi connectivity index (χ1v) is 7.25. The van der Waals surface area contributed by atoms with Crippen molar-refractivity contribution >= 4 is 0 Å². The van der Waals surface area contributed by atoms with Crippen LogP contribution >= 0.6 is 0 Å². The molecular weight excluding hydrogens is 240 g/mol. The van der Waals surface area contributed by atoms with Crippen molar-refractivity contribution in [2.45, 2.75) is 52.1 Å². The molecule has 1 saturated heterocycles. The Morgan fingerprint density at radius 3 is 2.32 bits per heavy atom. The summed E-state index contributed by atoms with van der Waals surface area (Å²) in [6, 6.07) is 0. The second-order valence-electron chi connectivity index (χ2n) is 7.73. The number of nitrogens with one attached hydrogen (secondary N) is 1.